The Labute approximate surface area is 343 Å². The maximum absolute atomic E-state index is 15.5. The molecule has 1 amide bonds. The fraction of sp³-hybridized carbons (Fsp3) is 0.636. The van der Waals surface area contributed by atoms with Crippen LogP contribution in [0.25, 0.3) is 0 Å². The number of carbonyl (C=O) groups excluding carboxylic acids is 6. The van der Waals surface area contributed by atoms with Gasteiger partial charge in [0.1, 0.15) is 23.9 Å². The number of ether oxygens (including phenoxy) is 5. The Kier molecular flexibility index (Phi) is 12.1. The number of hydrogen-bond donors (Lipinski definition) is 4. The van der Waals surface area contributed by atoms with Crippen molar-refractivity contribution in [2.45, 2.75) is 148 Å². The molecule has 1 saturated heterocycles. The molecule has 15 nitrogen and oxygen atoms in total. The minimum absolute atomic E-state index is 0.0330. The van der Waals surface area contributed by atoms with E-state index in [9.17, 15) is 39.3 Å². The van der Waals surface area contributed by atoms with E-state index in [1.807, 2.05) is 0 Å². The molecule has 0 unspecified atom stereocenters. The Morgan fingerprint density at radius 2 is 1.68 bits per heavy atom. The van der Waals surface area contributed by atoms with Crippen LogP contribution in [0.5, 0.6) is 0 Å². The van der Waals surface area contributed by atoms with Crippen molar-refractivity contribution in [3.05, 3.63) is 58.7 Å². The zero-order valence-electron chi connectivity index (χ0n) is 34.9. The summed E-state index contributed by atoms with van der Waals surface area (Å²) in [5.74, 6) is -6.57. The summed E-state index contributed by atoms with van der Waals surface area (Å²) in [7, 11) is 0. The van der Waals surface area contributed by atoms with Crippen molar-refractivity contribution in [2.75, 3.05) is 6.61 Å². The van der Waals surface area contributed by atoms with E-state index in [4.69, 9.17) is 23.7 Å². The molecular weight excluding hydrogens is 766 g/mol. The van der Waals surface area contributed by atoms with E-state index >= 15 is 4.79 Å². The molecule has 2 bridgehead atoms. The van der Waals surface area contributed by atoms with Crippen LogP contribution in [0.4, 0.5) is 0 Å². The summed E-state index contributed by atoms with van der Waals surface area (Å²) in [6, 6.07) is 6.72. The smallest absolute Gasteiger partial charge is 0.338 e. The number of aliphatic hydroxyl groups is 3. The summed E-state index contributed by atoms with van der Waals surface area (Å²) in [5, 5.41) is 39.9. The lowest BCUT2D eigenvalue weighted by atomic mass is 9.44. The van der Waals surface area contributed by atoms with Crippen molar-refractivity contribution < 1.29 is 67.8 Å². The molecule has 15 heteroatoms. The zero-order valence-corrected chi connectivity index (χ0v) is 34.9. The molecule has 322 valence electrons. The van der Waals surface area contributed by atoms with Crippen molar-refractivity contribution >= 4 is 35.6 Å². The third kappa shape index (κ3) is 7.42. The second kappa shape index (κ2) is 16.2. The first-order chi connectivity index (χ1) is 27.6. The standard InChI is InChI=1S/C44H57NO14/c1-9-31(48)57-34-32-23(4)28(56-40(53)33(49)27(18-22(2)3)45-38(51)25-16-13-17-25)20-44(54,41(32,6)7)37(58-39(52)26-14-11-10-12-15-26)35-42(8,36(34)50)29(47)19-30-43(35,21-55-30)59-24(5)46/h10-12,14-15,18,25,27-30,33-35,37,47,49,54H,9,13,16-17,19-21H2,1-8H3,(H,45,51)/t27-,28-,29-,30+,33+,34+,35-,37-,42+,43-,44+/m0/s1. The first kappa shape index (κ1) is 44.1. The lowest BCUT2D eigenvalue weighted by Gasteiger charge is -2.67. The molecule has 59 heavy (non-hydrogen) atoms. The highest BCUT2D eigenvalue weighted by atomic mass is 16.6. The molecular formula is C44H57NO14. The molecule has 6 rings (SSSR count). The zero-order chi connectivity index (χ0) is 43.4. The fourth-order valence-corrected chi connectivity index (χ4v) is 9.95. The molecule has 0 aromatic heterocycles. The number of Topliss-reactive ketones (excluding diaryl/α,β-unsaturated/α-hetero) is 1. The number of fused-ring (bicyclic) bond motifs is 5. The average molecular weight is 824 g/mol. The van der Waals surface area contributed by atoms with Crippen LogP contribution >= 0.6 is 0 Å². The van der Waals surface area contributed by atoms with Gasteiger partial charge in [0.15, 0.2) is 23.6 Å². The number of aliphatic hydroxyl groups excluding tert-OH is 2. The number of nitrogens with one attached hydrogen (secondary N) is 1. The number of amides is 1. The van der Waals surface area contributed by atoms with Crippen molar-refractivity contribution in [2.24, 2.45) is 22.7 Å². The van der Waals surface area contributed by atoms with Crippen molar-refractivity contribution in [1.82, 2.24) is 5.32 Å². The van der Waals surface area contributed by atoms with Crippen LogP contribution in [0.15, 0.2) is 53.1 Å². The van der Waals surface area contributed by atoms with Gasteiger partial charge in [-0.1, -0.05) is 57.0 Å². The van der Waals surface area contributed by atoms with Gasteiger partial charge in [0.2, 0.25) is 5.91 Å². The quantitative estimate of drug-likeness (QED) is 0.143. The van der Waals surface area contributed by atoms with Gasteiger partial charge < -0.3 is 44.3 Å². The number of ketones is 1. The van der Waals surface area contributed by atoms with Crippen LogP contribution < -0.4 is 5.32 Å². The average Bonchev–Trinajstić information content (AvgIpc) is 3.14. The summed E-state index contributed by atoms with van der Waals surface area (Å²) in [6.07, 6.45) is -6.56. The van der Waals surface area contributed by atoms with Crippen LogP contribution in [0.2, 0.25) is 0 Å². The van der Waals surface area contributed by atoms with Gasteiger partial charge in [-0.15, -0.1) is 0 Å². The van der Waals surface area contributed by atoms with Crippen LogP contribution in [0.1, 0.15) is 104 Å². The van der Waals surface area contributed by atoms with Gasteiger partial charge in [-0.3, -0.25) is 19.2 Å². The SMILES string of the molecule is CCC(=O)O[C@H]1C(=O)[C@@]2(C)[C@H]([C@H](OC(=O)c3ccccc3)[C@]3(O)C[C@H](OC(=O)[C@H](O)[C@H](C=C(C)C)NC(=O)C4CCC4)C(C)=C1C3(C)C)[C@]1(OC(C)=O)CO[C@@H]1C[C@@H]2O. The lowest BCUT2D eigenvalue weighted by molar-refractivity contribution is -0.346. The third-order valence-corrected chi connectivity index (χ3v) is 13.6. The van der Waals surface area contributed by atoms with E-state index in [0.717, 1.165) is 13.3 Å². The first-order valence-electron chi connectivity index (χ1n) is 20.4. The van der Waals surface area contributed by atoms with Gasteiger partial charge >= 0.3 is 23.9 Å². The van der Waals surface area contributed by atoms with E-state index in [1.165, 1.54) is 32.1 Å². The van der Waals surface area contributed by atoms with Gasteiger partial charge in [-0.2, -0.15) is 0 Å². The largest absolute Gasteiger partial charge is 0.456 e. The number of esters is 4. The van der Waals surface area contributed by atoms with Crippen molar-refractivity contribution in [3.8, 4) is 0 Å². The monoisotopic (exact) mass is 823 g/mol. The topological polar surface area (TPSA) is 221 Å². The molecule has 11 atom stereocenters. The molecule has 1 aromatic rings. The normalized spacial score (nSPS) is 34.4. The lowest BCUT2D eigenvalue weighted by Crippen LogP contribution is -2.82. The Hall–Kier alpha value is -4.44. The van der Waals surface area contributed by atoms with Gasteiger partial charge in [-0.25, -0.2) is 9.59 Å². The van der Waals surface area contributed by atoms with E-state index in [-0.39, 0.29) is 48.0 Å². The summed E-state index contributed by atoms with van der Waals surface area (Å²) in [6.45, 7) is 12.0. The highest BCUT2D eigenvalue weighted by molar-refractivity contribution is 5.96. The Bertz CT molecular complexity index is 1930. The van der Waals surface area contributed by atoms with Crippen molar-refractivity contribution in [3.63, 3.8) is 0 Å². The number of carbonyl (C=O) groups is 6. The van der Waals surface area contributed by atoms with Crippen LogP contribution in [-0.2, 0) is 47.7 Å². The Balaban J connectivity index is 1.55. The molecule has 0 spiro atoms. The van der Waals surface area contributed by atoms with Crippen LogP contribution in [0, 0.1) is 22.7 Å². The minimum atomic E-state index is -2.35. The predicted molar refractivity (Wildman–Crippen MR) is 208 cm³/mol. The fourth-order valence-electron chi connectivity index (χ4n) is 9.95. The summed E-state index contributed by atoms with van der Waals surface area (Å²) >= 11 is 0. The third-order valence-electron chi connectivity index (χ3n) is 13.6. The van der Waals surface area contributed by atoms with Crippen LogP contribution in [0.3, 0.4) is 0 Å². The Morgan fingerprint density at radius 1 is 1.02 bits per heavy atom. The highest BCUT2D eigenvalue weighted by Crippen LogP contribution is 2.64. The molecule has 4 N–H and O–H groups in total. The first-order valence-corrected chi connectivity index (χ1v) is 20.4. The molecule has 4 aliphatic carbocycles. The van der Waals surface area contributed by atoms with Gasteiger partial charge in [0, 0.05) is 37.5 Å². The molecule has 1 aromatic carbocycles. The molecule has 0 radical (unpaired) electrons. The predicted octanol–water partition coefficient (Wildman–Crippen LogP) is 3.21. The van der Waals surface area contributed by atoms with Gasteiger partial charge in [0.25, 0.3) is 0 Å². The molecule has 4 fully saturated rings. The van der Waals surface area contributed by atoms with E-state index in [1.54, 1.807) is 52.8 Å². The number of benzene rings is 1. The minimum Gasteiger partial charge on any atom is -0.456 e. The summed E-state index contributed by atoms with van der Waals surface area (Å²) in [4.78, 5) is 83.0. The van der Waals surface area contributed by atoms with Gasteiger partial charge in [0.05, 0.1) is 35.6 Å². The van der Waals surface area contributed by atoms with Crippen LogP contribution in [-0.4, -0.2) is 111 Å². The van der Waals surface area contributed by atoms with Crippen molar-refractivity contribution in [1.29, 1.82) is 0 Å². The molecule has 5 aliphatic rings. The summed E-state index contributed by atoms with van der Waals surface area (Å²) < 4.78 is 30.3. The summed E-state index contributed by atoms with van der Waals surface area (Å²) in [5.41, 5.74) is -6.74. The maximum atomic E-state index is 15.5. The Morgan fingerprint density at radius 3 is 2.22 bits per heavy atom. The molecule has 1 heterocycles. The second-order valence-electron chi connectivity index (χ2n) is 17.8. The number of allylic oxidation sites excluding steroid dienone is 1. The number of rotatable bonds is 11. The van der Waals surface area contributed by atoms with E-state index in [0.29, 0.717) is 18.4 Å². The van der Waals surface area contributed by atoms with Gasteiger partial charge in [-0.05, 0) is 63.8 Å². The maximum Gasteiger partial charge on any atom is 0.338 e. The molecule has 3 saturated carbocycles. The number of hydrogen-bond acceptors (Lipinski definition) is 14. The highest BCUT2D eigenvalue weighted by Gasteiger charge is 2.78. The van der Waals surface area contributed by atoms with E-state index in [2.05, 4.69) is 5.32 Å². The molecule has 1 aliphatic heterocycles. The van der Waals surface area contributed by atoms with E-state index < -0.39 is 107 Å². The second-order valence-corrected chi connectivity index (χ2v) is 17.8.